The van der Waals surface area contributed by atoms with Gasteiger partial charge in [0.15, 0.2) is 15.3 Å². The highest BCUT2D eigenvalue weighted by Gasteiger charge is 2.19. The van der Waals surface area contributed by atoms with Crippen LogP contribution in [0.25, 0.3) is 0 Å². The topological polar surface area (TPSA) is 81.3 Å². The number of benzene rings is 3. The predicted octanol–water partition coefficient (Wildman–Crippen LogP) is 4.87. The number of rotatable bonds is 7. The van der Waals surface area contributed by atoms with E-state index in [9.17, 15) is 13.6 Å². The fourth-order valence-electron chi connectivity index (χ4n) is 2.62. The smallest absolute Gasteiger partial charge is 0.228 e. The SMILES string of the molecule is O=C(Cc1ccc(Cl)c(Cl)c1)Nc1ccc([S+](=O)([O-])NCc2ccccc2)cc1. The Morgan fingerprint density at radius 1 is 0.897 bits per heavy atom. The molecule has 1 atom stereocenters. The molecule has 2 N–H and O–H groups in total. The van der Waals surface area contributed by atoms with Gasteiger partial charge >= 0.3 is 0 Å². The number of nitrogens with one attached hydrogen (secondary N) is 2. The van der Waals surface area contributed by atoms with Crippen molar-refractivity contribution in [3.8, 4) is 0 Å². The molecule has 3 aromatic carbocycles. The predicted molar refractivity (Wildman–Crippen MR) is 116 cm³/mol. The number of carbonyl (C=O) groups is 1. The Hall–Kier alpha value is -2.22. The van der Waals surface area contributed by atoms with Crippen molar-refractivity contribution < 1.29 is 13.6 Å². The second kappa shape index (κ2) is 9.52. The minimum absolute atomic E-state index is 0.121. The lowest BCUT2D eigenvalue weighted by Crippen LogP contribution is -2.29. The molecule has 0 saturated heterocycles. The van der Waals surface area contributed by atoms with Crippen molar-refractivity contribution in [1.29, 1.82) is 0 Å². The van der Waals surface area contributed by atoms with Gasteiger partial charge in [-0.1, -0.05) is 63.8 Å². The fraction of sp³-hybridized carbons (Fsp3) is 0.0952. The first-order chi connectivity index (χ1) is 13.8. The van der Waals surface area contributed by atoms with Crippen LogP contribution in [0.5, 0.6) is 0 Å². The summed E-state index contributed by atoms with van der Waals surface area (Å²) in [5, 5.41) is 3.54. The van der Waals surface area contributed by atoms with Gasteiger partial charge in [0.2, 0.25) is 5.91 Å². The van der Waals surface area contributed by atoms with E-state index < -0.39 is 10.4 Å². The fourth-order valence-corrected chi connectivity index (χ4v) is 3.95. The molecule has 0 spiro atoms. The van der Waals surface area contributed by atoms with Crippen LogP contribution in [0.3, 0.4) is 0 Å². The molecular weight excluding hydrogens is 431 g/mol. The maximum Gasteiger partial charge on any atom is 0.228 e. The maximum atomic E-state index is 12.4. The number of hydrogen-bond acceptors (Lipinski definition) is 3. The molecule has 0 saturated carbocycles. The minimum atomic E-state index is -3.65. The van der Waals surface area contributed by atoms with Crippen molar-refractivity contribution in [2.75, 3.05) is 5.32 Å². The van der Waals surface area contributed by atoms with E-state index in [-0.39, 0.29) is 23.8 Å². The first-order valence-electron chi connectivity index (χ1n) is 8.71. The maximum absolute atomic E-state index is 12.4. The summed E-state index contributed by atoms with van der Waals surface area (Å²) >= 11 is 11.8. The summed E-state index contributed by atoms with van der Waals surface area (Å²) in [5.41, 5.74) is 2.08. The van der Waals surface area contributed by atoms with Crippen LogP contribution in [0, 0.1) is 0 Å². The Kier molecular flexibility index (Phi) is 7.05. The molecule has 8 heteroatoms. The Labute approximate surface area is 180 Å². The van der Waals surface area contributed by atoms with Gasteiger partial charge < -0.3 is 9.87 Å². The molecule has 0 bridgehead atoms. The van der Waals surface area contributed by atoms with Crippen LogP contribution in [0.1, 0.15) is 11.1 Å². The van der Waals surface area contributed by atoms with E-state index in [2.05, 4.69) is 10.0 Å². The molecule has 1 unspecified atom stereocenters. The van der Waals surface area contributed by atoms with Crippen LogP contribution in [0.2, 0.25) is 10.0 Å². The number of carbonyl (C=O) groups excluding carboxylic acids is 1. The molecule has 0 aromatic heterocycles. The Bertz CT molecular complexity index is 1040. The Balaban J connectivity index is 1.59. The molecule has 29 heavy (non-hydrogen) atoms. The number of halogens is 2. The van der Waals surface area contributed by atoms with Crippen LogP contribution in [0.15, 0.2) is 77.7 Å². The van der Waals surface area contributed by atoms with Crippen molar-refractivity contribution in [3.05, 3.63) is 94.0 Å². The van der Waals surface area contributed by atoms with Crippen molar-refractivity contribution in [2.45, 2.75) is 17.9 Å². The second-order valence-electron chi connectivity index (χ2n) is 6.31. The van der Waals surface area contributed by atoms with Gasteiger partial charge in [0.25, 0.3) is 0 Å². The molecule has 150 valence electrons. The van der Waals surface area contributed by atoms with Crippen molar-refractivity contribution in [1.82, 2.24) is 4.72 Å². The highest BCUT2D eigenvalue weighted by molar-refractivity contribution is 7.95. The first kappa shape index (κ1) is 21.5. The minimum Gasteiger partial charge on any atom is -0.593 e. The number of anilines is 1. The number of hydrogen-bond donors (Lipinski definition) is 2. The van der Waals surface area contributed by atoms with Gasteiger partial charge in [-0.05, 0) is 47.5 Å². The van der Waals surface area contributed by atoms with Gasteiger partial charge in [-0.25, -0.2) is 0 Å². The second-order valence-corrected chi connectivity index (χ2v) is 8.89. The van der Waals surface area contributed by atoms with Crippen LogP contribution >= 0.6 is 23.2 Å². The summed E-state index contributed by atoms with van der Waals surface area (Å²) < 4.78 is 27.4. The lowest BCUT2D eigenvalue weighted by atomic mass is 10.1. The lowest BCUT2D eigenvalue weighted by molar-refractivity contribution is -0.115. The third kappa shape index (κ3) is 6.13. The molecule has 0 radical (unpaired) electrons. The molecule has 1 amide bonds. The van der Waals surface area contributed by atoms with Crippen molar-refractivity contribution in [3.63, 3.8) is 0 Å². The summed E-state index contributed by atoms with van der Waals surface area (Å²) in [7, 11) is -3.65. The van der Waals surface area contributed by atoms with E-state index in [1.807, 2.05) is 30.3 Å². The van der Waals surface area contributed by atoms with E-state index in [0.29, 0.717) is 15.7 Å². The molecule has 3 rings (SSSR count). The van der Waals surface area contributed by atoms with Crippen LogP contribution in [-0.4, -0.2) is 10.5 Å². The largest absolute Gasteiger partial charge is 0.593 e. The quantitative estimate of drug-likeness (QED) is 0.505. The summed E-state index contributed by atoms with van der Waals surface area (Å²) in [5.74, 6) is -0.249. The van der Waals surface area contributed by atoms with Crippen LogP contribution in [0.4, 0.5) is 5.69 Å². The Morgan fingerprint density at radius 2 is 1.59 bits per heavy atom. The van der Waals surface area contributed by atoms with E-state index in [0.717, 1.165) is 11.1 Å². The molecule has 0 heterocycles. The van der Waals surface area contributed by atoms with Gasteiger partial charge in [0.05, 0.1) is 23.0 Å². The van der Waals surface area contributed by atoms with Crippen LogP contribution < -0.4 is 10.0 Å². The molecular formula is C21H18Cl2N2O3S. The normalized spacial score (nSPS) is 12.9. The van der Waals surface area contributed by atoms with Gasteiger partial charge in [0, 0.05) is 5.69 Å². The first-order valence-corrected chi connectivity index (χ1v) is 10.9. The average Bonchev–Trinajstić information content (AvgIpc) is 2.70. The van der Waals surface area contributed by atoms with Crippen molar-refractivity contribution in [2.24, 2.45) is 0 Å². The van der Waals surface area contributed by atoms with E-state index in [1.54, 1.807) is 30.3 Å². The third-order valence-corrected chi connectivity index (χ3v) is 6.26. The van der Waals surface area contributed by atoms with E-state index >= 15 is 0 Å². The number of sulfonamides is 1. The monoisotopic (exact) mass is 448 g/mol. The summed E-state index contributed by atoms with van der Waals surface area (Å²) in [4.78, 5) is 12.3. The summed E-state index contributed by atoms with van der Waals surface area (Å²) in [6.07, 6.45) is 0.121. The third-order valence-electron chi connectivity index (χ3n) is 4.11. The van der Waals surface area contributed by atoms with Gasteiger partial charge in [0.1, 0.15) is 0 Å². The molecule has 3 aromatic rings. The molecule has 0 aliphatic rings. The highest BCUT2D eigenvalue weighted by atomic mass is 35.5. The molecule has 0 aliphatic heterocycles. The zero-order valence-corrected chi connectivity index (χ0v) is 17.6. The average molecular weight is 449 g/mol. The molecule has 0 aliphatic carbocycles. The molecule has 0 fully saturated rings. The summed E-state index contributed by atoms with van der Waals surface area (Å²) in [6.45, 7) is 0.200. The van der Waals surface area contributed by atoms with E-state index in [1.165, 1.54) is 12.1 Å². The van der Waals surface area contributed by atoms with Gasteiger partial charge in [-0.2, -0.15) is 0 Å². The zero-order valence-electron chi connectivity index (χ0n) is 15.2. The number of amides is 1. The standard InChI is InChI=1S/C21H18Cl2N2O3S/c22-19-11-6-16(12-20(19)23)13-21(26)25-17-7-9-18(10-8-17)29(27,28)24-14-15-4-2-1-3-5-15/h1-12H,13-14H2,(H2-,24,25,26,27,28). The Morgan fingerprint density at radius 3 is 2.24 bits per heavy atom. The van der Waals surface area contributed by atoms with Gasteiger partial charge in [-0.15, -0.1) is 4.72 Å². The van der Waals surface area contributed by atoms with Crippen molar-refractivity contribution >= 4 is 45.2 Å². The lowest BCUT2D eigenvalue weighted by Gasteiger charge is -2.15. The highest BCUT2D eigenvalue weighted by Crippen LogP contribution is 2.23. The molecule has 5 nitrogen and oxygen atoms in total. The van der Waals surface area contributed by atoms with Gasteiger partial charge in [-0.3, -0.25) is 4.79 Å². The summed E-state index contributed by atoms with van der Waals surface area (Å²) in [6, 6.07) is 20.2. The van der Waals surface area contributed by atoms with Crippen LogP contribution in [-0.2, 0) is 32.4 Å². The van der Waals surface area contributed by atoms with E-state index in [4.69, 9.17) is 23.2 Å². The zero-order chi connectivity index (χ0) is 20.9.